The summed E-state index contributed by atoms with van der Waals surface area (Å²) in [6.45, 7) is 0. The quantitative estimate of drug-likeness (QED) is 0.436. The Balaban J connectivity index is 1.43. The SMILES string of the molecule is O=C(O)C(Cc1ccccc1)N=Nc1nc(-c2ccc(C3CCCCC3)cc2)cs1. The van der Waals surface area contributed by atoms with Gasteiger partial charge >= 0.3 is 5.97 Å². The van der Waals surface area contributed by atoms with Crippen LogP contribution in [0.4, 0.5) is 5.13 Å². The van der Waals surface area contributed by atoms with E-state index in [4.69, 9.17) is 0 Å². The zero-order chi connectivity index (χ0) is 20.8. The van der Waals surface area contributed by atoms with Gasteiger partial charge in [0.05, 0.1) is 5.69 Å². The van der Waals surface area contributed by atoms with Crippen LogP contribution in [0, 0.1) is 0 Å². The van der Waals surface area contributed by atoms with E-state index in [1.807, 2.05) is 35.7 Å². The average Bonchev–Trinajstić information content (AvgIpc) is 3.27. The fourth-order valence-electron chi connectivity index (χ4n) is 3.94. The summed E-state index contributed by atoms with van der Waals surface area (Å²) in [5.74, 6) is -0.303. The van der Waals surface area contributed by atoms with Crippen LogP contribution in [0.15, 0.2) is 70.2 Å². The van der Waals surface area contributed by atoms with Crippen molar-refractivity contribution in [1.29, 1.82) is 0 Å². The van der Waals surface area contributed by atoms with Crippen molar-refractivity contribution in [1.82, 2.24) is 4.98 Å². The van der Waals surface area contributed by atoms with E-state index in [0.717, 1.165) is 16.8 Å². The Hall–Kier alpha value is -2.86. The third-order valence-corrected chi connectivity index (χ3v) is 6.34. The lowest BCUT2D eigenvalue weighted by Crippen LogP contribution is -2.20. The number of carboxylic acids is 1. The van der Waals surface area contributed by atoms with Gasteiger partial charge < -0.3 is 5.11 Å². The summed E-state index contributed by atoms with van der Waals surface area (Å²) < 4.78 is 0. The monoisotopic (exact) mass is 419 g/mol. The Bertz CT molecular complexity index is 993. The molecule has 0 spiro atoms. The van der Waals surface area contributed by atoms with Crippen molar-refractivity contribution in [2.45, 2.75) is 50.5 Å². The van der Waals surface area contributed by atoms with Crippen LogP contribution >= 0.6 is 11.3 Å². The third kappa shape index (κ3) is 5.19. The lowest BCUT2D eigenvalue weighted by Gasteiger charge is -2.21. The van der Waals surface area contributed by atoms with Gasteiger partial charge in [0.25, 0.3) is 0 Å². The lowest BCUT2D eigenvalue weighted by molar-refractivity contribution is -0.138. The fraction of sp³-hybridized carbons (Fsp3) is 0.333. The van der Waals surface area contributed by atoms with E-state index < -0.39 is 12.0 Å². The molecule has 1 saturated carbocycles. The summed E-state index contributed by atoms with van der Waals surface area (Å²) in [6.07, 6.45) is 6.89. The van der Waals surface area contributed by atoms with E-state index in [0.29, 0.717) is 17.5 Å². The van der Waals surface area contributed by atoms with Crippen molar-refractivity contribution in [3.63, 3.8) is 0 Å². The molecule has 0 amide bonds. The highest BCUT2D eigenvalue weighted by Gasteiger charge is 2.18. The first-order valence-corrected chi connectivity index (χ1v) is 11.3. The summed E-state index contributed by atoms with van der Waals surface area (Å²) in [5, 5.41) is 20.0. The standard InChI is InChI=1S/C24H25N3O2S/c28-23(29)21(15-17-7-3-1-4-8-17)26-27-24-25-22(16-30-24)20-13-11-19(12-14-20)18-9-5-2-6-10-18/h1,3-4,7-8,11-14,16,18,21H,2,5-6,9-10,15H2,(H,28,29). The van der Waals surface area contributed by atoms with E-state index in [1.54, 1.807) is 0 Å². The highest BCUT2D eigenvalue weighted by molar-refractivity contribution is 7.13. The molecule has 6 heteroatoms. The predicted molar refractivity (Wildman–Crippen MR) is 119 cm³/mol. The third-order valence-electron chi connectivity index (χ3n) is 5.61. The molecule has 1 aromatic heterocycles. The number of thiazole rings is 1. The molecule has 154 valence electrons. The molecule has 1 heterocycles. The van der Waals surface area contributed by atoms with Gasteiger partial charge in [0.2, 0.25) is 5.13 Å². The summed E-state index contributed by atoms with van der Waals surface area (Å²) in [5.41, 5.74) is 4.23. The first-order chi connectivity index (χ1) is 14.7. The average molecular weight is 420 g/mol. The van der Waals surface area contributed by atoms with Crippen LogP contribution in [0.3, 0.4) is 0 Å². The molecule has 30 heavy (non-hydrogen) atoms. The lowest BCUT2D eigenvalue weighted by atomic mass is 9.84. The van der Waals surface area contributed by atoms with Crippen LogP contribution in [0.5, 0.6) is 0 Å². The fourth-order valence-corrected chi connectivity index (χ4v) is 4.59. The Morgan fingerprint density at radius 2 is 1.80 bits per heavy atom. The van der Waals surface area contributed by atoms with Crippen LogP contribution in [-0.4, -0.2) is 22.1 Å². The predicted octanol–water partition coefficient (Wildman–Crippen LogP) is 6.64. The number of azo groups is 1. The minimum atomic E-state index is -0.988. The Labute approximate surface area is 180 Å². The topological polar surface area (TPSA) is 74.9 Å². The van der Waals surface area contributed by atoms with Crippen molar-refractivity contribution < 1.29 is 9.90 Å². The highest BCUT2D eigenvalue weighted by atomic mass is 32.1. The number of nitrogens with zero attached hydrogens (tertiary/aromatic N) is 3. The van der Waals surface area contributed by atoms with Gasteiger partial charge in [0.15, 0.2) is 6.04 Å². The van der Waals surface area contributed by atoms with Gasteiger partial charge in [-0.15, -0.1) is 16.5 Å². The second-order valence-electron chi connectivity index (χ2n) is 7.73. The molecular weight excluding hydrogens is 394 g/mol. The summed E-state index contributed by atoms with van der Waals surface area (Å²) in [7, 11) is 0. The molecule has 0 bridgehead atoms. The van der Waals surface area contributed by atoms with Gasteiger partial charge in [0.1, 0.15) is 0 Å². The molecule has 1 N–H and O–H groups in total. The van der Waals surface area contributed by atoms with Crippen molar-refractivity contribution in [2.24, 2.45) is 10.2 Å². The molecule has 1 aliphatic carbocycles. The normalized spacial score (nSPS) is 16.0. The Morgan fingerprint density at radius 3 is 2.50 bits per heavy atom. The zero-order valence-corrected chi connectivity index (χ0v) is 17.6. The second kappa shape index (κ2) is 9.76. The Morgan fingerprint density at radius 1 is 1.07 bits per heavy atom. The summed E-state index contributed by atoms with van der Waals surface area (Å²) >= 11 is 1.37. The summed E-state index contributed by atoms with van der Waals surface area (Å²) in [4.78, 5) is 16.1. The number of rotatable bonds is 7. The van der Waals surface area contributed by atoms with Crippen LogP contribution in [-0.2, 0) is 11.2 Å². The number of hydrogen-bond acceptors (Lipinski definition) is 5. The van der Waals surface area contributed by atoms with Gasteiger partial charge in [0, 0.05) is 17.4 Å². The molecule has 1 atom stereocenters. The molecular formula is C24H25N3O2S. The maximum atomic E-state index is 11.5. The van der Waals surface area contributed by atoms with E-state index in [9.17, 15) is 9.90 Å². The highest BCUT2D eigenvalue weighted by Crippen LogP contribution is 2.34. The van der Waals surface area contributed by atoms with Crippen molar-refractivity contribution in [3.8, 4) is 11.3 Å². The maximum absolute atomic E-state index is 11.5. The molecule has 0 radical (unpaired) electrons. The van der Waals surface area contributed by atoms with E-state index >= 15 is 0 Å². The molecule has 1 fully saturated rings. The van der Waals surface area contributed by atoms with Gasteiger partial charge in [-0.3, -0.25) is 0 Å². The maximum Gasteiger partial charge on any atom is 0.330 e. The smallest absolute Gasteiger partial charge is 0.330 e. The number of carboxylic acid groups (broad SMARTS) is 1. The van der Waals surface area contributed by atoms with Crippen LogP contribution in [0.25, 0.3) is 11.3 Å². The van der Waals surface area contributed by atoms with Crippen molar-refractivity contribution in [3.05, 3.63) is 71.1 Å². The van der Waals surface area contributed by atoms with Crippen molar-refractivity contribution in [2.75, 3.05) is 0 Å². The van der Waals surface area contributed by atoms with E-state index in [-0.39, 0.29) is 0 Å². The van der Waals surface area contributed by atoms with E-state index in [1.165, 1.54) is 49.0 Å². The number of aromatic nitrogens is 1. The molecule has 1 aliphatic rings. The number of benzene rings is 2. The van der Waals surface area contributed by atoms with Gasteiger partial charge in [-0.25, -0.2) is 9.78 Å². The minimum absolute atomic E-state index is 0.306. The molecule has 1 unspecified atom stereocenters. The zero-order valence-electron chi connectivity index (χ0n) is 16.8. The first kappa shape index (κ1) is 20.4. The number of carbonyl (C=O) groups is 1. The summed E-state index contributed by atoms with van der Waals surface area (Å²) in [6, 6.07) is 17.2. The molecule has 3 aromatic rings. The largest absolute Gasteiger partial charge is 0.480 e. The molecule has 5 nitrogen and oxygen atoms in total. The first-order valence-electron chi connectivity index (χ1n) is 10.4. The number of aliphatic carboxylic acids is 1. The van der Waals surface area contributed by atoms with Gasteiger partial charge in [-0.2, -0.15) is 5.11 Å². The van der Waals surface area contributed by atoms with Crippen LogP contribution < -0.4 is 0 Å². The van der Waals surface area contributed by atoms with Gasteiger partial charge in [-0.1, -0.05) is 73.9 Å². The van der Waals surface area contributed by atoms with E-state index in [2.05, 4.69) is 39.5 Å². The molecule has 0 aliphatic heterocycles. The molecule has 0 saturated heterocycles. The Kier molecular flexibility index (Phi) is 6.64. The van der Waals surface area contributed by atoms with Gasteiger partial charge in [-0.05, 0) is 29.9 Å². The van der Waals surface area contributed by atoms with Crippen LogP contribution in [0.1, 0.15) is 49.1 Å². The minimum Gasteiger partial charge on any atom is -0.480 e. The molecule has 2 aromatic carbocycles. The molecule has 4 rings (SSSR count). The number of hydrogen-bond donors (Lipinski definition) is 1. The second-order valence-corrected chi connectivity index (χ2v) is 8.57. The van der Waals surface area contributed by atoms with Crippen LogP contribution in [0.2, 0.25) is 0 Å². The van der Waals surface area contributed by atoms with Crippen molar-refractivity contribution >= 4 is 22.4 Å².